The van der Waals surface area contributed by atoms with Crippen molar-refractivity contribution in [1.82, 2.24) is 18.9 Å². The first-order chi connectivity index (χ1) is 13.7. The predicted molar refractivity (Wildman–Crippen MR) is 95.5 cm³/mol. The van der Waals surface area contributed by atoms with Crippen molar-refractivity contribution >= 4 is 31.8 Å². The molecule has 0 aliphatic carbocycles. The third kappa shape index (κ3) is 3.39. The smallest absolute Gasteiger partial charge is 0.246 e. The molecule has 0 bridgehead atoms. The lowest BCUT2D eigenvalue weighted by atomic mass is 10.3. The van der Waals surface area contributed by atoms with Crippen LogP contribution in [0.15, 0.2) is 50.8 Å². The Morgan fingerprint density at radius 1 is 0.862 bits per heavy atom. The number of rotatable bonds is 4. The lowest BCUT2D eigenvalue weighted by molar-refractivity contribution is 0.240. The topological polar surface area (TPSA) is 126 Å². The number of piperazine rings is 1. The number of hydrogen-bond acceptors (Lipinski definition) is 7. The standard InChI is InChI=1S/C16H14F2N4O5S2/c17-11-3-1-4-12(18)16(11)29(25,26)22-9-7-21(8-10-22)28(23,24)14-6-2-5-13-15(14)20-27-19-13/h1-6H,7-10H2. The molecule has 1 aliphatic heterocycles. The molecule has 0 saturated carbocycles. The van der Waals surface area contributed by atoms with Gasteiger partial charge in [-0.25, -0.2) is 13.4 Å². The van der Waals surface area contributed by atoms with Crippen molar-refractivity contribution in [3.05, 3.63) is 48.0 Å². The van der Waals surface area contributed by atoms with Gasteiger partial charge in [0.2, 0.25) is 9.79 Å². The van der Waals surface area contributed by atoms with Crippen molar-refractivity contribution in [2.75, 3.05) is 26.2 Å². The van der Waals surface area contributed by atoms with Gasteiger partial charge in [0.05, 0.1) is 26.2 Å². The SMILES string of the molecule is O=[S+]([O-])(c1c(F)cccc1F)N1CCN([S+](=O)([O-])c2cccc3nonc23)CC1. The molecule has 13 heteroatoms. The first kappa shape index (κ1) is 20.1. The van der Waals surface area contributed by atoms with Crippen LogP contribution in [-0.4, -0.2) is 54.2 Å². The van der Waals surface area contributed by atoms with Gasteiger partial charge in [0.1, 0.15) is 5.52 Å². The molecular weight excluding hydrogens is 430 g/mol. The average molecular weight is 444 g/mol. The number of nitrogens with zero attached hydrogens (tertiary/aromatic N) is 4. The predicted octanol–water partition coefficient (Wildman–Crippen LogP) is 1.63. The van der Waals surface area contributed by atoms with Gasteiger partial charge in [-0.2, -0.15) is 0 Å². The molecule has 29 heavy (non-hydrogen) atoms. The summed E-state index contributed by atoms with van der Waals surface area (Å²) in [6.07, 6.45) is 0. The molecule has 9 nitrogen and oxygen atoms in total. The summed E-state index contributed by atoms with van der Waals surface area (Å²) >= 11 is 0. The Morgan fingerprint density at radius 3 is 2.03 bits per heavy atom. The summed E-state index contributed by atoms with van der Waals surface area (Å²) in [4.78, 5) is -1.16. The number of halogens is 2. The fourth-order valence-corrected chi connectivity index (χ4v) is 6.23. The van der Waals surface area contributed by atoms with Crippen LogP contribution in [0.5, 0.6) is 0 Å². The van der Waals surface area contributed by atoms with E-state index in [1.54, 1.807) is 0 Å². The van der Waals surface area contributed by atoms with Gasteiger partial charge in [-0.05, 0) is 34.6 Å². The highest BCUT2D eigenvalue weighted by molar-refractivity contribution is 7.96. The van der Waals surface area contributed by atoms with Gasteiger partial charge >= 0.3 is 0 Å². The maximum absolute atomic E-state index is 13.9. The molecule has 1 fully saturated rings. The van der Waals surface area contributed by atoms with E-state index in [2.05, 4.69) is 14.9 Å². The summed E-state index contributed by atoms with van der Waals surface area (Å²) in [5.74, 6) is -2.41. The molecule has 1 saturated heterocycles. The van der Waals surface area contributed by atoms with Crippen LogP contribution >= 0.6 is 0 Å². The van der Waals surface area contributed by atoms with Crippen LogP contribution in [0.25, 0.3) is 11.0 Å². The van der Waals surface area contributed by atoms with E-state index in [4.69, 9.17) is 0 Å². The number of hydrogen-bond donors (Lipinski definition) is 0. The zero-order valence-corrected chi connectivity index (χ0v) is 16.3. The Balaban J connectivity index is 1.57. The average Bonchev–Trinajstić information content (AvgIpc) is 3.16. The summed E-state index contributed by atoms with van der Waals surface area (Å²) in [7, 11) is -8.47. The maximum atomic E-state index is 13.9. The Hall–Kier alpha value is -2.16. The first-order valence-electron chi connectivity index (χ1n) is 8.38. The zero-order valence-electron chi connectivity index (χ0n) is 14.7. The summed E-state index contributed by atoms with van der Waals surface area (Å²) in [6, 6.07) is 7.14. The summed E-state index contributed by atoms with van der Waals surface area (Å²) in [6.45, 7) is -0.913. The van der Waals surface area contributed by atoms with Crippen LogP contribution in [0.2, 0.25) is 0 Å². The highest BCUT2D eigenvalue weighted by Crippen LogP contribution is 2.31. The summed E-state index contributed by atoms with van der Waals surface area (Å²) in [5, 5.41) is 7.22. The van der Waals surface area contributed by atoms with Crippen molar-refractivity contribution < 1.29 is 30.9 Å². The molecule has 2 atom stereocenters. The molecule has 0 spiro atoms. The second kappa shape index (κ2) is 7.27. The van der Waals surface area contributed by atoms with Crippen LogP contribution in [0, 0.1) is 11.6 Å². The van der Waals surface area contributed by atoms with E-state index < -0.39 is 37.3 Å². The Morgan fingerprint density at radius 2 is 1.41 bits per heavy atom. The third-order valence-electron chi connectivity index (χ3n) is 4.58. The molecule has 154 valence electrons. The second-order valence-corrected chi connectivity index (χ2v) is 10.0. The Kier molecular flexibility index (Phi) is 5.04. The van der Waals surface area contributed by atoms with Crippen molar-refractivity contribution in [3.8, 4) is 0 Å². The number of sulfonamides is 2. The third-order valence-corrected chi connectivity index (χ3v) is 8.46. The fraction of sp³-hybridized carbons (Fsp3) is 0.250. The van der Waals surface area contributed by atoms with Gasteiger partial charge in [0, 0.05) is 0 Å². The monoisotopic (exact) mass is 444 g/mol. The molecule has 3 aromatic rings. The lowest BCUT2D eigenvalue weighted by Crippen LogP contribution is -2.54. The minimum atomic E-state index is -4.46. The van der Waals surface area contributed by atoms with Gasteiger partial charge in [0.15, 0.2) is 38.0 Å². The highest BCUT2D eigenvalue weighted by atomic mass is 32.3. The summed E-state index contributed by atoms with van der Waals surface area (Å²) < 4.78 is 85.6. The van der Waals surface area contributed by atoms with Gasteiger partial charge in [0.25, 0.3) is 0 Å². The van der Waals surface area contributed by atoms with E-state index in [0.717, 1.165) is 26.8 Å². The number of aromatic nitrogens is 2. The molecule has 1 aliphatic rings. The van der Waals surface area contributed by atoms with Crippen LogP contribution in [0.1, 0.15) is 0 Å². The minimum Gasteiger partial charge on any atom is -0.593 e. The van der Waals surface area contributed by atoms with Gasteiger partial charge in [-0.1, -0.05) is 20.6 Å². The number of fused-ring (bicyclic) bond motifs is 1. The van der Waals surface area contributed by atoms with Crippen molar-refractivity contribution in [1.29, 1.82) is 0 Å². The molecule has 4 rings (SSSR count). The van der Waals surface area contributed by atoms with Crippen molar-refractivity contribution in [2.24, 2.45) is 0 Å². The normalized spacial score (nSPS) is 20.4. The van der Waals surface area contributed by atoms with Crippen LogP contribution < -0.4 is 0 Å². The van der Waals surface area contributed by atoms with Gasteiger partial charge in [-0.15, -0.1) is 8.61 Å². The second-order valence-electron chi connectivity index (χ2n) is 6.25. The Bertz CT molecular complexity index is 1140. The molecule has 1 aromatic heterocycles. The maximum Gasteiger partial charge on any atom is 0.246 e. The van der Waals surface area contributed by atoms with E-state index in [9.17, 15) is 26.3 Å². The molecular formula is C16H14F2N4O5S2. The van der Waals surface area contributed by atoms with Crippen molar-refractivity contribution in [3.63, 3.8) is 0 Å². The van der Waals surface area contributed by atoms with E-state index >= 15 is 0 Å². The molecule has 0 N–H and O–H groups in total. The van der Waals surface area contributed by atoms with Crippen LogP contribution in [0.3, 0.4) is 0 Å². The molecule has 2 heterocycles. The van der Waals surface area contributed by atoms with E-state index in [-0.39, 0.29) is 42.1 Å². The fourth-order valence-electron chi connectivity index (χ4n) is 3.14. The molecule has 2 aromatic carbocycles. The summed E-state index contributed by atoms with van der Waals surface area (Å²) in [5.41, 5.74) is 0.332. The van der Waals surface area contributed by atoms with Gasteiger partial charge in [-0.3, -0.25) is 0 Å². The van der Waals surface area contributed by atoms with E-state index in [1.807, 2.05) is 0 Å². The van der Waals surface area contributed by atoms with Crippen LogP contribution in [0.4, 0.5) is 8.78 Å². The van der Waals surface area contributed by atoms with E-state index in [1.165, 1.54) is 18.2 Å². The first-order valence-corrected chi connectivity index (χ1v) is 11.3. The molecule has 2 unspecified atom stereocenters. The van der Waals surface area contributed by atoms with E-state index in [0.29, 0.717) is 0 Å². The molecule has 0 amide bonds. The van der Waals surface area contributed by atoms with Crippen molar-refractivity contribution in [2.45, 2.75) is 9.79 Å². The minimum absolute atomic E-state index is 0.0657. The lowest BCUT2D eigenvalue weighted by Gasteiger charge is -2.36. The largest absolute Gasteiger partial charge is 0.593 e. The zero-order chi connectivity index (χ0) is 20.8. The highest BCUT2D eigenvalue weighted by Gasteiger charge is 2.43. The quantitative estimate of drug-likeness (QED) is 0.560. The Labute approximate surface area is 166 Å². The number of benzene rings is 2. The molecule has 0 radical (unpaired) electrons. The van der Waals surface area contributed by atoms with Gasteiger partial charge < -0.3 is 9.11 Å². The van der Waals surface area contributed by atoms with Crippen LogP contribution in [-0.2, 0) is 29.2 Å².